The van der Waals surface area contributed by atoms with Gasteiger partial charge in [-0.3, -0.25) is 4.79 Å². The molecular formula is C26H19BrClF3N2O2. The van der Waals surface area contributed by atoms with E-state index in [-0.39, 0.29) is 11.3 Å². The summed E-state index contributed by atoms with van der Waals surface area (Å²) in [5, 5.41) is 12.2. The van der Waals surface area contributed by atoms with E-state index in [1.807, 2.05) is 31.2 Å². The van der Waals surface area contributed by atoms with Crippen molar-refractivity contribution < 1.29 is 22.7 Å². The number of nitrogens with one attached hydrogen (secondary N) is 1. The lowest BCUT2D eigenvalue weighted by Crippen LogP contribution is -2.14. The Morgan fingerprint density at radius 2 is 1.91 bits per heavy atom. The zero-order chi connectivity index (χ0) is 25.6. The van der Waals surface area contributed by atoms with E-state index in [1.54, 1.807) is 18.2 Å². The summed E-state index contributed by atoms with van der Waals surface area (Å²) in [4.78, 5) is 12.6. The molecule has 0 saturated heterocycles. The Bertz CT molecular complexity index is 1320. The number of halogens is 5. The molecule has 3 aromatic rings. The summed E-state index contributed by atoms with van der Waals surface area (Å²) in [7, 11) is 0. The van der Waals surface area contributed by atoms with Crippen molar-refractivity contribution in [2.24, 2.45) is 0 Å². The number of benzene rings is 3. The minimum absolute atomic E-state index is 0.0807. The second-order valence-corrected chi connectivity index (χ2v) is 8.64. The predicted octanol–water partition coefficient (Wildman–Crippen LogP) is 7.66. The fraction of sp³-hybridized carbons (Fsp3) is 0.154. The number of rotatable bonds is 7. The molecule has 0 aliphatic carbocycles. The number of anilines is 1. The molecule has 0 unspecified atom stereocenters. The Hall–Kier alpha value is -3.28. The normalized spacial score (nSPS) is 11.6. The Morgan fingerprint density at radius 3 is 2.57 bits per heavy atom. The van der Waals surface area contributed by atoms with E-state index in [9.17, 15) is 23.2 Å². The lowest BCUT2D eigenvalue weighted by atomic mass is 10.0. The lowest BCUT2D eigenvalue weighted by molar-refractivity contribution is -0.137. The Balaban J connectivity index is 1.91. The van der Waals surface area contributed by atoms with Gasteiger partial charge >= 0.3 is 6.18 Å². The van der Waals surface area contributed by atoms with E-state index in [2.05, 4.69) is 21.2 Å². The molecule has 3 rings (SSSR count). The van der Waals surface area contributed by atoms with Gasteiger partial charge in [0.25, 0.3) is 5.91 Å². The maximum absolute atomic E-state index is 12.9. The van der Waals surface area contributed by atoms with E-state index in [0.717, 1.165) is 27.7 Å². The molecule has 1 N–H and O–H groups in total. The largest absolute Gasteiger partial charge is 0.494 e. The number of alkyl halides is 3. The third-order valence-electron chi connectivity index (χ3n) is 4.93. The first kappa shape index (κ1) is 26.3. The third-order valence-corrected chi connectivity index (χ3v) is 6.04. The number of hydrogen-bond donors (Lipinski definition) is 1. The maximum Gasteiger partial charge on any atom is 0.416 e. The first-order chi connectivity index (χ1) is 16.6. The molecule has 0 atom stereocenters. The van der Waals surface area contributed by atoms with Gasteiger partial charge in [0.05, 0.1) is 12.2 Å². The van der Waals surface area contributed by atoms with Crippen LogP contribution < -0.4 is 10.1 Å². The van der Waals surface area contributed by atoms with Crippen LogP contribution in [0.25, 0.3) is 6.08 Å². The minimum atomic E-state index is -4.56. The van der Waals surface area contributed by atoms with E-state index >= 15 is 0 Å². The third kappa shape index (κ3) is 6.87. The average Bonchev–Trinajstić information content (AvgIpc) is 2.80. The molecule has 0 saturated carbocycles. The van der Waals surface area contributed by atoms with Gasteiger partial charge in [-0.25, -0.2) is 0 Å². The number of hydrogen-bond acceptors (Lipinski definition) is 3. The van der Waals surface area contributed by atoms with Crippen LogP contribution in [0, 0.1) is 11.3 Å². The van der Waals surface area contributed by atoms with Crippen molar-refractivity contribution in [2.75, 3.05) is 11.9 Å². The Kier molecular flexibility index (Phi) is 8.60. The lowest BCUT2D eigenvalue weighted by Gasteiger charge is -2.14. The van der Waals surface area contributed by atoms with Crippen LogP contribution in [-0.4, -0.2) is 12.5 Å². The van der Waals surface area contributed by atoms with Crippen molar-refractivity contribution in [1.82, 2.24) is 0 Å². The molecule has 0 aliphatic heterocycles. The van der Waals surface area contributed by atoms with Gasteiger partial charge in [0.1, 0.15) is 17.4 Å². The van der Waals surface area contributed by atoms with Gasteiger partial charge in [-0.15, -0.1) is 0 Å². The van der Waals surface area contributed by atoms with Gasteiger partial charge in [0.15, 0.2) is 0 Å². The molecule has 0 radical (unpaired) electrons. The van der Waals surface area contributed by atoms with Gasteiger partial charge in [-0.2, -0.15) is 18.4 Å². The topological polar surface area (TPSA) is 62.1 Å². The van der Waals surface area contributed by atoms with E-state index in [4.69, 9.17) is 16.3 Å². The number of carbonyl (C=O) groups is 1. The number of amides is 1. The fourth-order valence-corrected chi connectivity index (χ4v) is 4.00. The van der Waals surface area contributed by atoms with Gasteiger partial charge < -0.3 is 10.1 Å². The summed E-state index contributed by atoms with van der Waals surface area (Å²) in [6.45, 7) is 2.19. The molecule has 0 heterocycles. The second-order valence-electron chi connectivity index (χ2n) is 7.38. The highest BCUT2D eigenvalue weighted by atomic mass is 79.9. The molecule has 0 fully saturated rings. The Morgan fingerprint density at radius 1 is 1.17 bits per heavy atom. The van der Waals surface area contributed by atoms with Crippen LogP contribution in [-0.2, 0) is 17.4 Å². The molecule has 180 valence electrons. The summed E-state index contributed by atoms with van der Waals surface area (Å²) >= 11 is 10.1. The minimum Gasteiger partial charge on any atom is -0.494 e. The summed E-state index contributed by atoms with van der Waals surface area (Å²) < 4.78 is 45.5. The molecule has 0 bridgehead atoms. The summed E-state index contributed by atoms with van der Waals surface area (Å²) in [5.74, 6) is -0.351. The van der Waals surface area contributed by atoms with Gasteiger partial charge in [-0.05, 0) is 60.5 Å². The smallest absolute Gasteiger partial charge is 0.416 e. The molecule has 35 heavy (non-hydrogen) atoms. The van der Waals surface area contributed by atoms with Crippen molar-refractivity contribution in [3.63, 3.8) is 0 Å². The van der Waals surface area contributed by atoms with Gasteiger partial charge in [0.2, 0.25) is 0 Å². The van der Waals surface area contributed by atoms with Gasteiger partial charge in [-0.1, -0.05) is 51.8 Å². The van der Waals surface area contributed by atoms with Crippen LogP contribution in [0.4, 0.5) is 18.9 Å². The molecule has 3 aromatic carbocycles. The quantitative estimate of drug-likeness (QED) is 0.237. The van der Waals surface area contributed by atoms with Crippen molar-refractivity contribution in [3.05, 3.63) is 98.0 Å². The summed E-state index contributed by atoms with van der Waals surface area (Å²) in [6.07, 6.45) is -2.77. The van der Waals surface area contributed by atoms with Crippen LogP contribution in [0.2, 0.25) is 5.02 Å². The average molecular weight is 564 g/mol. The standard InChI is InChI=1S/C26H19BrClF3N2O2/c1-2-35-24-12-16(11-23(28)21(24)13-17-6-3-4-9-22(17)27)10-18(15-32)25(34)33-20-8-5-7-19(14-20)26(29,30)31/h3-12,14H,2,13H2,1H3,(H,33,34)/b18-10+. The van der Waals surface area contributed by atoms with Crippen molar-refractivity contribution in [3.8, 4) is 11.8 Å². The van der Waals surface area contributed by atoms with Crippen LogP contribution in [0.1, 0.15) is 29.2 Å². The van der Waals surface area contributed by atoms with Gasteiger partial charge in [0, 0.05) is 27.2 Å². The van der Waals surface area contributed by atoms with Crippen LogP contribution in [0.15, 0.2) is 70.7 Å². The van der Waals surface area contributed by atoms with Crippen molar-refractivity contribution in [2.45, 2.75) is 19.5 Å². The first-order valence-corrected chi connectivity index (χ1v) is 11.6. The monoisotopic (exact) mass is 562 g/mol. The number of ether oxygens (including phenoxy) is 1. The van der Waals surface area contributed by atoms with Crippen molar-refractivity contribution in [1.29, 1.82) is 5.26 Å². The second kappa shape index (κ2) is 11.4. The first-order valence-electron chi connectivity index (χ1n) is 10.4. The van der Waals surface area contributed by atoms with E-state index in [0.29, 0.717) is 29.4 Å². The highest BCUT2D eigenvalue weighted by molar-refractivity contribution is 9.10. The molecule has 0 spiro atoms. The summed E-state index contributed by atoms with van der Waals surface area (Å²) in [6, 6.07) is 16.9. The number of nitriles is 1. The zero-order valence-corrected chi connectivity index (χ0v) is 20.8. The number of nitrogens with zero attached hydrogens (tertiary/aromatic N) is 1. The molecule has 0 aromatic heterocycles. The molecule has 9 heteroatoms. The maximum atomic E-state index is 12.9. The molecular weight excluding hydrogens is 545 g/mol. The zero-order valence-electron chi connectivity index (χ0n) is 18.4. The Labute approximate surface area is 214 Å². The van der Waals surface area contributed by atoms with Crippen LogP contribution >= 0.6 is 27.5 Å². The molecule has 4 nitrogen and oxygen atoms in total. The van der Waals surface area contributed by atoms with E-state index < -0.39 is 17.6 Å². The summed E-state index contributed by atoms with van der Waals surface area (Å²) in [5.41, 5.74) is 0.875. The van der Waals surface area contributed by atoms with Crippen LogP contribution in [0.3, 0.4) is 0 Å². The predicted molar refractivity (Wildman–Crippen MR) is 133 cm³/mol. The van der Waals surface area contributed by atoms with Crippen molar-refractivity contribution >= 4 is 45.2 Å². The number of carbonyl (C=O) groups excluding carboxylic acids is 1. The van der Waals surface area contributed by atoms with Crippen LogP contribution in [0.5, 0.6) is 5.75 Å². The van der Waals surface area contributed by atoms with E-state index in [1.165, 1.54) is 18.2 Å². The SMILES string of the molecule is CCOc1cc(/C=C(\C#N)C(=O)Nc2cccc(C(F)(F)F)c2)cc(Cl)c1Cc1ccccc1Br. The highest BCUT2D eigenvalue weighted by Gasteiger charge is 2.30. The molecule has 0 aliphatic rings. The highest BCUT2D eigenvalue weighted by Crippen LogP contribution is 2.34. The fourth-order valence-electron chi connectivity index (χ4n) is 3.29. The molecule has 1 amide bonds.